The molecule has 0 spiro atoms. The van der Waals surface area contributed by atoms with Crippen LogP contribution < -0.4 is 0 Å². The Bertz CT molecular complexity index is 493. The van der Waals surface area contributed by atoms with Gasteiger partial charge in [-0.3, -0.25) is 0 Å². The molecule has 0 bridgehead atoms. The van der Waals surface area contributed by atoms with Crippen LogP contribution in [-0.2, 0) is 21.7 Å². The van der Waals surface area contributed by atoms with Crippen LogP contribution in [0.5, 0.6) is 0 Å². The maximum Gasteiger partial charge on any atom is 3.00 e. The van der Waals surface area contributed by atoms with Gasteiger partial charge in [-0.15, -0.1) is 5.54 Å². The van der Waals surface area contributed by atoms with Gasteiger partial charge in [0.1, 0.15) is 0 Å². The molecule has 167 valence electrons. The third-order valence-electron chi connectivity index (χ3n) is 8.90. The predicted octanol–water partition coefficient (Wildman–Crippen LogP) is 8.67. The minimum absolute atomic E-state index is 0. The van der Waals surface area contributed by atoms with Crippen molar-refractivity contribution in [3.63, 3.8) is 0 Å². The van der Waals surface area contributed by atoms with Gasteiger partial charge in [-0.25, -0.2) is 0 Å². The van der Waals surface area contributed by atoms with Gasteiger partial charge in [0, 0.05) is 0 Å². The van der Waals surface area contributed by atoms with Crippen LogP contribution >= 0.6 is 0 Å². The molecule has 6 unspecified atom stereocenters. The Morgan fingerprint density at radius 3 is 1.72 bits per heavy atom. The molecule has 1 radical (unpaired) electrons. The summed E-state index contributed by atoms with van der Waals surface area (Å²) in [7, 11) is -1.54. The third kappa shape index (κ3) is 6.02. The maximum atomic E-state index is 5.52. The molecular formula is C26H50NSiTi. The number of fused-ring (bicyclic) bond motifs is 2. The smallest absolute Gasteiger partial charge is 0.660 e. The van der Waals surface area contributed by atoms with Crippen molar-refractivity contribution in [2.24, 2.45) is 35.5 Å². The molecular weight excluding hydrogens is 402 g/mol. The summed E-state index contributed by atoms with van der Waals surface area (Å²) in [6.07, 6.45) is 17.0. The summed E-state index contributed by atoms with van der Waals surface area (Å²) in [6.45, 7) is 12.2. The Hall–Kier alpha value is 0.891. The first-order valence-corrected chi connectivity index (χ1v) is 15.0. The summed E-state index contributed by atoms with van der Waals surface area (Å²) in [5.41, 5.74) is 1.12. The monoisotopic (exact) mass is 452 g/mol. The van der Waals surface area contributed by atoms with Gasteiger partial charge in [0.25, 0.3) is 0 Å². The fourth-order valence-corrected chi connectivity index (χ4v) is 12.4. The van der Waals surface area contributed by atoms with E-state index in [0.29, 0.717) is 0 Å². The zero-order chi connectivity index (χ0) is 18.5. The third-order valence-corrected chi connectivity index (χ3v) is 12.6. The summed E-state index contributed by atoms with van der Waals surface area (Å²) >= 11 is 0. The van der Waals surface area contributed by atoms with E-state index in [4.69, 9.17) is 4.98 Å². The first-order chi connectivity index (χ1) is 12.2. The quantitative estimate of drug-likeness (QED) is 0.300. The first-order valence-electron chi connectivity index (χ1n) is 12.0. The summed E-state index contributed by atoms with van der Waals surface area (Å²) in [5, 5.41) is 0. The number of nitrogens with zero attached hydrogens (tertiary/aromatic N) is 1. The van der Waals surface area contributed by atoms with Crippen molar-refractivity contribution in [2.75, 3.05) is 0 Å². The maximum absolute atomic E-state index is 5.52. The second kappa shape index (κ2) is 10.7. The zero-order valence-electron chi connectivity index (χ0n) is 20.8. The Morgan fingerprint density at radius 1 is 0.655 bits per heavy atom. The van der Waals surface area contributed by atoms with E-state index < -0.39 is 8.24 Å². The van der Waals surface area contributed by atoms with E-state index in [1.165, 1.54) is 25.7 Å². The minimum Gasteiger partial charge on any atom is -0.660 e. The molecule has 0 saturated heterocycles. The van der Waals surface area contributed by atoms with Gasteiger partial charge < -0.3 is 19.8 Å². The second-order valence-electron chi connectivity index (χ2n) is 12.1. The van der Waals surface area contributed by atoms with Crippen molar-refractivity contribution in [2.45, 2.75) is 116 Å². The normalized spacial score (nSPS) is 37.6. The van der Waals surface area contributed by atoms with Crippen molar-refractivity contribution in [1.82, 2.24) is 0 Å². The SMILES string of the molecule is CC(C)(C)[N-][Si](C)(C)C1CC(C2CCCCC2)C2CC3CCCC3CC21.[CH3-].[CH3-].[Ti+3]. The molecule has 4 aliphatic carbocycles. The minimum atomic E-state index is -1.54. The van der Waals surface area contributed by atoms with Gasteiger partial charge in [0.05, 0.1) is 0 Å². The molecule has 4 rings (SSSR count). The topological polar surface area (TPSA) is 14.1 Å². The molecule has 0 heterocycles. The van der Waals surface area contributed by atoms with Crippen LogP contribution in [0.15, 0.2) is 0 Å². The van der Waals surface area contributed by atoms with Gasteiger partial charge in [-0.1, -0.05) is 105 Å². The molecule has 4 fully saturated rings. The number of hydrogen-bond donors (Lipinski definition) is 0. The second-order valence-corrected chi connectivity index (χ2v) is 16.4. The summed E-state index contributed by atoms with van der Waals surface area (Å²) in [6, 6.07) is 0. The van der Waals surface area contributed by atoms with Crippen LogP contribution in [0, 0.1) is 50.4 Å². The molecule has 0 aromatic rings. The van der Waals surface area contributed by atoms with E-state index in [2.05, 4.69) is 33.9 Å². The van der Waals surface area contributed by atoms with Crippen LogP contribution in [0.4, 0.5) is 0 Å². The Kier molecular flexibility index (Phi) is 10.3. The van der Waals surface area contributed by atoms with Crippen molar-refractivity contribution in [3.05, 3.63) is 19.8 Å². The van der Waals surface area contributed by atoms with E-state index in [0.717, 1.165) is 41.0 Å². The average Bonchev–Trinajstić information content (AvgIpc) is 3.15. The van der Waals surface area contributed by atoms with Crippen LogP contribution in [0.25, 0.3) is 4.98 Å². The molecule has 4 aliphatic rings. The molecule has 1 nitrogen and oxygen atoms in total. The molecule has 0 aromatic carbocycles. The van der Waals surface area contributed by atoms with Crippen molar-refractivity contribution >= 4 is 8.24 Å². The Labute approximate surface area is 200 Å². The van der Waals surface area contributed by atoms with Crippen molar-refractivity contribution in [1.29, 1.82) is 0 Å². The van der Waals surface area contributed by atoms with E-state index in [9.17, 15) is 0 Å². The molecule has 4 saturated carbocycles. The molecule has 0 amide bonds. The van der Waals surface area contributed by atoms with Gasteiger partial charge >= 0.3 is 21.7 Å². The number of rotatable bonds is 3. The summed E-state index contributed by atoms with van der Waals surface area (Å²) < 4.78 is 0. The van der Waals surface area contributed by atoms with E-state index in [1.54, 1.807) is 44.9 Å². The fourth-order valence-electron chi connectivity index (χ4n) is 8.24. The van der Waals surface area contributed by atoms with Gasteiger partial charge in [-0.05, 0) is 48.3 Å². The molecule has 29 heavy (non-hydrogen) atoms. The van der Waals surface area contributed by atoms with E-state index >= 15 is 0 Å². The van der Waals surface area contributed by atoms with E-state index in [1.807, 2.05) is 0 Å². The van der Waals surface area contributed by atoms with Crippen LogP contribution in [0.2, 0.25) is 18.6 Å². The van der Waals surface area contributed by atoms with Crippen molar-refractivity contribution in [3.8, 4) is 0 Å². The largest absolute Gasteiger partial charge is 3.00 e. The van der Waals surface area contributed by atoms with Crippen LogP contribution in [0.3, 0.4) is 0 Å². The van der Waals surface area contributed by atoms with Crippen LogP contribution in [0.1, 0.15) is 91.4 Å². The predicted molar refractivity (Wildman–Crippen MR) is 129 cm³/mol. The van der Waals surface area contributed by atoms with Crippen molar-refractivity contribution < 1.29 is 21.7 Å². The standard InChI is InChI=1S/C24H44NSi.2CH3.Ti/c1-24(2,3)25-26(4,5)23-16-20(17-10-7-6-8-11-17)21-14-18-12-9-13-19(18)15-22(21)23;;;/h17-23H,6-16H2,1-5H3;2*1H3;/q3*-1;+3. The molecule has 3 heteroatoms. The first kappa shape index (κ1) is 27.9. The van der Waals surface area contributed by atoms with Gasteiger partial charge in [-0.2, -0.15) is 0 Å². The zero-order valence-corrected chi connectivity index (χ0v) is 23.3. The van der Waals surface area contributed by atoms with Gasteiger partial charge in [0.15, 0.2) is 0 Å². The van der Waals surface area contributed by atoms with E-state index in [-0.39, 0.29) is 42.1 Å². The summed E-state index contributed by atoms with van der Waals surface area (Å²) in [4.78, 5) is 5.52. The van der Waals surface area contributed by atoms with Crippen LogP contribution in [-0.4, -0.2) is 13.8 Å². The Balaban J connectivity index is 0.00000140. The molecule has 0 aliphatic heterocycles. The number of hydrogen-bond acceptors (Lipinski definition) is 0. The molecule has 6 atom stereocenters. The fraction of sp³-hybridized carbons (Fsp3) is 0.923. The molecule has 0 aromatic heterocycles. The van der Waals surface area contributed by atoms with Gasteiger partial charge in [0.2, 0.25) is 0 Å². The molecule has 0 N–H and O–H groups in total. The summed E-state index contributed by atoms with van der Waals surface area (Å²) in [5.74, 6) is 6.43. The average molecular weight is 453 g/mol. The Morgan fingerprint density at radius 2 is 1.17 bits per heavy atom.